The second-order valence-electron chi connectivity index (χ2n) is 5.33. The molecule has 0 bridgehead atoms. The van der Waals surface area contributed by atoms with Crippen LogP contribution in [0.5, 0.6) is 0 Å². The van der Waals surface area contributed by atoms with Gasteiger partial charge in [-0.05, 0) is 30.7 Å². The van der Waals surface area contributed by atoms with E-state index < -0.39 is 6.04 Å². The fraction of sp³-hybridized carbons (Fsp3) is 0.533. The Kier molecular flexibility index (Phi) is 4.37. The van der Waals surface area contributed by atoms with Crippen LogP contribution in [-0.4, -0.2) is 29.9 Å². The van der Waals surface area contributed by atoms with Crippen molar-refractivity contribution >= 4 is 5.91 Å². The Hall–Kier alpha value is -1.35. The van der Waals surface area contributed by atoms with Crippen molar-refractivity contribution in [3.05, 3.63) is 35.9 Å². The molecule has 1 aliphatic heterocycles. The van der Waals surface area contributed by atoms with Gasteiger partial charge in [-0.15, -0.1) is 0 Å². The maximum absolute atomic E-state index is 12.2. The zero-order valence-corrected chi connectivity index (χ0v) is 11.0. The normalized spacial score (nSPS) is 21.7. The summed E-state index contributed by atoms with van der Waals surface area (Å²) in [6.07, 6.45) is 2.95. The average Bonchev–Trinajstić information content (AvgIpc) is 2.39. The molecule has 2 N–H and O–H groups in total. The largest absolute Gasteiger partial charge is 0.341 e. The van der Waals surface area contributed by atoms with Crippen LogP contribution >= 0.6 is 0 Å². The first-order valence-electron chi connectivity index (χ1n) is 6.75. The third-order valence-corrected chi connectivity index (χ3v) is 3.58. The zero-order chi connectivity index (χ0) is 13.0. The van der Waals surface area contributed by atoms with Crippen LogP contribution < -0.4 is 5.73 Å². The molecule has 1 aromatic rings. The van der Waals surface area contributed by atoms with Crippen LogP contribution in [0.15, 0.2) is 30.3 Å². The number of carbonyl (C=O) groups is 1. The Morgan fingerprint density at radius 1 is 1.44 bits per heavy atom. The van der Waals surface area contributed by atoms with Gasteiger partial charge in [-0.2, -0.15) is 0 Å². The van der Waals surface area contributed by atoms with Crippen molar-refractivity contribution in [3.63, 3.8) is 0 Å². The molecule has 0 radical (unpaired) electrons. The number of likely N-dealkylation sites (tertiary alicyclic amines) is 1. The number of carbonyl (C=O) groups excluding carboxylic acids is 1. The van der Waals surface area contributed by atoms with E-state index >= 15 is 0 Å². The third kappa shape index (κ3) is 3.33. The zero-order valence-electron chi connectivity index (χ0n) is 11.0. The number of hydrogen-bond donors (Lipinski definition) is 1. The molecule has 0 unspecified atom stereocenters. The van der Waals surface area contributed by atoms with Gasteiger partial charge in [-0.1, -0.05) is 37.3 Å². The van der Waals surface area contributed by atoms with Crippen molar-refractivity contribution in [3.8, 4) is 0 Å². The molecule has 1 aliphatic rings. The molecule has 1 heterocycles. The lowest BCUT2D eigenvalue weighted by atomic mass is 9.98. The highest BCUT2D eigenvalue weighted by atomic mass is 16.2. The number of amides is 1. The van der Waals surface area contributed by atoms with Gasteiger partial charge in [0.25, 0.3) is 0 Å². The van der Waals surface area contributed by atoms with E-state index in [2.05, 4.69) is 6.92 Å². The first-order valence-corrected chi connectivity index (χ1v) is 6.75. The monoisotopic (exact) mass is 246 g/mol. The Morgan fingerprint density at radius 2 is 2.17 bits per heavy atom. The van der Waals surface area contributed by atoms with Crippen LogP contribution in [-0.2, 0) is 11.2 Å². The molecule has 1 amide bonds. The molecule has 98 valence electrons. The van der Waals surface area contributed by atoms with E-state index in [1.54, 1.807) is 0 Å². The Balaban J connectivity index is 1.92. The fourth-order valence-corrected chi connectivity index (χ4v) is 2.58. The Labute approximate surface area is 109 Å². The smallest absolute Gasteiger partial charge is 0.239 e. The summed E-state index contributed by atoms with van der Waals surface area (Å²) in [7, 11) is 0. The number of piperidine rings is 1. The highest BCUT2D eigenvalue weighted by Gasteiger charge is 2.25. The summed E-state index contributed by atoms with van der Waals surface area (Å²) in [5.74, 6) is 0.706. The predicted octanol–water partition coefficient (Wildman–Crippen LogP) is 1.81. The fourth-order valence-electron chi connectivity index (χ4n) is 2.58. The molecular weight excluding hydrogens is 224 g/mol. The van der Waals surface area contributed by atoms with Gasteiger partial charge in [-0.25, -0.2) is 0 Å². The van der Waals surface area contributed by atoms with E-state index in [4.69, 9.17) is 5.73 Å². The lowest BCUT2D eigenvalue weighted by Crippen LogP contribution is -2.48. The van der Waals surface area contributed by atoms with Gasteiger partial charge in [0.1, 0.15) is 0 Å². The molecule has 0 saturated carbocycles. The summed E-state index contributed by atoms with van der Waals surface area (Å²) in [5.41, 5.74) is 7.16. The lowest BCUT2D eigenvalue weighted by molar-refractivity contribution is -0.134. The summed E-state index contributed by atoms with van der Waals surface area (Å²) >= 11 is 0. The van der Waals surface area contributed by atoms with E-state index in [0.29, 0.717) is 12.3 Å². The third-order valence-electron chi connectivity index (χ3n) is 3.58. The van der Waals surface area contributed by atoms with Gasteiger partial charge in [0.15, 0.2) is 0 Å². The van der Waals surface area contributed by atoms with Crippen molar-refractivity contribution in [1.82, 2.24) is 4.90 Å². The highest BCUT2D eigenvalue weighted by Crippen LogP contribution is 2.16. The summed E-state index contributed by atoms with van der Waals surface area (Å²) in [6, 6.07) is 9.57. The van der Waals surface area contributed by atoms with E-state index in [9.17, 15) is 4.79 Å². The Bertz CT molecular complexity index is 391. The van der Waals surface area contributed by atoms with E-state index in [0.717, 1.165) is 25.1 Å². The van der Waals surface area contributed by atoms with E-state index in [1.165, 1.54) is 6.42 Å². The number of rotatable bonds is 3. The molecule has 3 nitrogen and oxygen atoms in total. The van der Waals surface area contributed by atoms with Crippen molar-refractivity contribution in [2.75, 3.05) is 13.1 Å². The number of nitrogens with two attached hydrogens (primary N) is 1. The standard InChI is InChI=1S/C15H22N2O/c1-12-6-5-9-17(11-12)15(18)14(16)10-13-7-3-2-4-8-13/h2-4,7-8,12,14H,5-6,9-11,16H2,1H3/t12-,14+/m1/s1. The van der Waals surface area contributed by atoms with Gasteiger partial charge >= 0.3 is 0 Å². The highest BCUT2D eigenvalue weighted by molar-refractivity contribution is 5.82. The topological polar surface area (TPSA) is 46.3 Å². The minimum Gasteiger partial charge on any atom is -0.341 e. The number of nitrogens with zero attached hydrogens (tertiary/aromatic N) is 1. The van der Waals surface area contributed by atoms with Crippen LogP contribution in [0.25, 0.3) is 0 Å². The summed E-state index contributed by atoms with van der Waals surface area (Å²) in [4.78, 5) is 14.2. The van der Waals surface area contributed by atoms with Crippen molar-refractivity contribution < 1.29 is 4.79 Å². The SMILES string of the molecule is C[C@@H]1CCCN(C(=O)[C@@H](N)Cc2ccccc2)C1. The van der Waals surface area contributed by atoms with E-state index in [-0.39, 0.29) is 5.91 Å². The van der Waals surface area contributed by atoms with Crippen LogP contribution in [0, 0.1) is 5.92 Å². The second kappa shape index (κ2) is 6.01. The van der Waals surface area contributed by atoms with Crippen LogP contribution in [0.1, 0.15) is 25.3 Å². The first-order chi connectivity index (χ1) is 8.66. The van der Waals surface area contributed by atoms with Crippen molar-refractivity contribution in [1.29, 1.82) is 0 Å². The minimum absolute atomic E-state index is 0.102. The van der Waals surface area contributed by atoms with Gasteiger partial charge in [-0.3, -0.25) is 4.79 Å². The molecule has 2 atom stereocenters. The average molecular weight is 246 g/mol. The van der Waals surface area contributed by atoms with Gasteiger partial charge in [0, 0.05) is 13.1 Å². The van der Waals surface area contributed by atoms with Gasteiger partial charge in [0.05, 0.1) is 6.04 Å². The molecule has 1 fully saturated rings. The summed E-state index contributed by atoms with van der Waals surface area (Å²) < 4.78 is 0. The second-order valence-corrected chi connectivity index (χ2v) is 5.33. The van der Waals surface area contributed by atoms with Crippen molar-refractivity contribution in [2.24, 2.45) is 11.7 Å². The van der Waals surface area contributed by atoms with Gasteiger partial charge in [0.2, 0.25) is 5.91 Å². The number of hydrogen-bond acceptors (Lipinski definition) is 2. The minimum atomic E-state index is -0.405. The van der Waals surface area contributed by atoms with Crippen molar-refractivity contribution in [2.45, 2.75) is 32.2 Å². The van der Waals surface area contributed by atoms with Crippen LogP contribution in [0.2, 0.25) is 0 Å². The number of benzene rings is 1. The maximum atomic E-state index is 12.2. The molecular formula is C15H22N2O. The molecule has 0 spiro atoms. The summed E-state index contributed by atoms with van der Waals surface area (Å²) in [5, 5.41) is 0. The molecule has 3 heteroatoms. The molecule has 0 aromatic heterocycles. The molecule has 1 saturated heterocycles. The molecule has 0 aliphatic carbocycles. The maximum Gasteiger partial charge on any atom is 0.239 e. The first kappa shape index (κ1) is 13.1. The Morgan fingerprint density at radius 3 is 2.83 bits per heavy atom. The van der Waals surface area contributed by atoms with Gasteiger partial charge < -0.3 is 10.6 Å². The lowest BCUT2D eigenvalue weighted by Gasteiger charge is -2.32. The molecule has 18 heavy (non-hydrogen) atoms. The van der Waals surface area contributed by atoms with E-state index in [1.807, 2.05) is 35.2 Å². The molecule has 1 aromatic carbocycles. The molecule has 2 rings (SSSR count). The predicted molar refractivity (Wildman–Crippen MR) is 73.1 cm³/mol. The quantitative estimate of drug-likeness (QED) is 0.884. The van der Waals surface area contributed by atoms with Crippen LogP contribution in [0.3, 0.4) is 0 Å². The summed E-state index contributed by atoms with van der Waals surface area (Å²) in [6.45, 7) is 3.93. The van der Waals surface area contributed by atoms with Crippen LogP contribution in [0.4, 0.5) is 0 Å².